The Kier molecular flexibility index (Phi) is 8.61. The van der Waals surface area contributed by atoms with Gasteiger partial charge in [0.05, 0.1) is 19.7 Å². The first-order valence-electron chi connectivity index (χ1n) is 8.89. The molecule has 3 rings (SSSR count). The summed E-state index contributed by atoms with van der Waals surface area (Å²) in [4.78, 5) is 0. The summed E-state index contributed by atoms with van der Waals surface area (Å²) < 4.78 is 41.3. The number of nitrogens with zero attached hydrogens (tertiary/aromatic N) is 2. The Morgan fingerprint density at radius 1 is 1.07 bits per heavy atom. The Morgan fingerprint density at radius 3 is 2.03 bits per heavy atom. The van der Waals surface area contributed by atoms with Crippen molar-refractivity contribution in [1.29, 1.82) is 0 Å². The Labute approximate surface area is 181 Å². The summed E-state index contributed by atoms with van der Waals surface area (Å²) in [5, 5.41) is 0. The van der Waals surface area contributed by atoms with Crippen molar-refractivity contribution in [2.45, 2.75) is 0 Å². The lowest BCUT2D eigenvalue weighted by Gasteiger charge is -2.05. The molecule has 0 aliphatic heterocycles. The van der Waals surface area contributed by atoms with Gasteiger partial charge in [-0.1, -0.05) is 60.1 Å². The Morgan fingerprint density at radius 2 is 1.57 bits per heavy atom. The van der Waals surface area contributed by atoms with Gasteiger partial charge in [0.2, 0.25) is 16.1 Å². The van der Waals surface area contributed by atoms with Gasteiger partial charge < -0.3 is 9.29 Å². The van der Waals surface area contributed by atoms with Crippen LogP contribution in [0, 0.1) is 0 Å². The van der Waals surface area contributed by atoms with Gasteiger partial charge in [-0.25, -0.2) is 8.42 Å². The van der Waals surface area contributed by atoms with E-state index in [9.17, 15) is 13.0 Å². The van der Waals surface area contributed by atoms with Gasteiger partial charge in [-0.3, -0.25) is 4.18 Å². The minimum atomic E-state index is -4.41. The van der Waals surface area contributed by atoms with Gasteiger partial charge in [0, 0.05) is 11.1 Å². The maximum atomic E-state index is 9.22. The van der Waals surface area contributed by atoms with Crippen molar-refractivity contribution in [3.63, 3.8) is 0 Å². The third-order valence-corrected chi connectivity index (χ3v) is 4.83. The standard InChI is InChI=1S/C20H20ClN2O.CH4O4S/c1-22-18(16-10-5-3-6-11-16)20(24-15-9-14-21)19(23(22)2)17-12-7-4-8-13-17;1-5-6(2,3)4/h3-14H,15H2,1-2H3;1H3,(H,2,3,4)/q+1;/p-1/b14-9+;. The zero-order chi connectivity index (χ0) is 22.1. The van der Waals surface area contributed by atoms with Crippen LogP contribution in [-0.4, -0.2) is 31.4 Å². The first-order chi connectivity index (χ1) is 14.3. The van der Waals surface area contributed by atoms with Crippen LogP contribution in [-0.2, 0) is 28.7 Å². The van der Waals surface area contributed by atoms with Crippen molar-refractivity contribution in [2.24, 2.45) is 14.1 Å². The first kappa shape index (κ1) is 23.6. The number of aromatic nitrogens is 2. The molecular weight excluding hydrogens is 428 g/mol. The van der Waals surface area contributed by atoms with E-state index in [0.717, 1.165) is 35.4 Å². The molecule has 0 aliphatic rings. The summed E-state index contributed by atoms with van der Waals surface area (Å²) in [5.41, 5.74) is 5.79. The van der Waals surface area contributed by atoms with Crippen molar-refractivity contribution in [3.05, 3.63) is 72.3 Å². The van der Waals surface area contributed by atoms with Gasteiger partial charge in [-0.2, -0.15) is 4.68 Å². The van der Waals surface area contributed by atoms with Crippen LogP contribution in [0.4, 0.5) is 0 Å². The molecule has 0 bridgehead atoms. The average Bonchev–Trinajstić information content (AvgIpc) is 2.99. The molecule has 0 amide bonds. The quantitative estimate of drug-likeness (QED) is 0.326. The molecule has 0 fully saturated rings. The van der Waals surface area contributed by atoms with Gasteiger partial charge in [0.1, 0.15) is 6.61 Å². The van der Waals surface area contributed by atoms with Crippen LogP contribution in [0.3, 0.4) is 0 Å². The highest BCUT2D eigenvalue weighted by molar-refractivity contribution is 7.80. The number of halogens is 1. The molecule has 9 heteroatoms. The van der Waals surface area contributed by atoms with E-state index in [-0.39, 0.29) is 0 Å². The number of hydrogen-bond acceptors (Lipinski definition) is 5. The Balaban J connectivity index is 0.000000469. The summed E-state index contributed by atoms with van der Waals surface area (Å²) in [6, 6.07) is 20.5. The molecule has 0 aliphatic carbocycles. The van der Waals surface area contributed by atoms with Crippen molar-refractivity contribution in [3.8, 4) is 28.3 Å². The lowest BCUT2D eigenvalue weighted by atomic mass is 10.1. The first-order valence-corrected chi connectivity index (χ1v) is 10.7. The fraction of sp³-hybridized carbons (Fsp3) is 0.190. The van der Waals surface area contributed by atoms with Crippen LogP contribution >= 0.6 is 11.6 Å². The fourth-order valence-corrected chi connectivity index (χ4v) is 2.91. The van der Waals surface area contributed by atoms with E-state index in [1.54, 1.807) is 6.08 Å². The lowest BCUT2D eigenvalue weighted by molar-refractivity contribution is -0.740. The second kappa shape index (κ2) is 10.9. The Bertz CT molecular complexity index is 1020. The highest BCUT2D eigenvalue weighted by Gasteiger charge is 2.29. The summed E-state index contributed by atoms with van der Waals surface area (Å²) in [7, 11) is 0.477. The van der Waals surface area contributed by atoms with Crippen LogP contribution in [0.2, 0.25) is 0 Å². The molecule has 0 saturated carbocycles. The molecule has 0 saturated heterocycles. The van der Waals surface area contributed by atoms with E-state index in [1.165, 1.54) is 5.54 Å². The smallest absolute Gasteiger partial charge is 0.280 e. The highest BCUT2D eigenvalue weighted by atomic mass is 35.5. The summed E-state index contributed by atoms with van der Waals surface area (Å²) in [6.07, 6.45) is 1.79. The molecule has 1 aromatic heterocycles. The normalized spacial score (nSPS) is 11.2. The van der Waals surface area contributed by atoms with Crippen molar-refractivity contribution in [2.75, 3.05) is 13.7 Å². The van der Waals surface area contributed by atoms with Gasteiger partial charge in [0.25, 0.3) is 5.69 Å². The third kappa shape index (κ3) is 6.17. The lowest BCUT2D eigenvalue weighted by Crippen LogP contribution is -2.39. The second-order valence-corrected chi connectivity index (χ2v) is 7.46. The number of benzene rings is 2. The van der Waals surface area contributed by atoms with Crippen LogP contribution in [0.25, 0.3) is 22.5 Å². The van der Waals surface area contributed by atoms with E-state index in [1.807, 2.05) is 50.5 Å². The molecule has 160 valence electrons. The van der Waals surface area contributed by atoms with Crippen molar-refractivity contribution < 1.29 is 26.6 Å². The molecule has 7 nitrogen and oxygen atoms in total. The van der Waals surface area contributed by atoms with Crippen LogP contribution < -0.4 is 9.42 Å². The van der Waals surface area contributed by atoms with Crippen LogP contribution in [0.1, 0.15) is 0 Å². The molecule has 0 N–H and O–H groups in total. The van der Waals surface area contributed by atoms with Gasteiger partial charge in [0.15, 0.2) is 12.7 Å². The van der Waals surface area contributed by atoms with E-state index < -0.39 is 10.4 Å². The van der Waals surface area contributed by atoms with E-state index in [4.69, 9.17) is 16.3 Å². The maximum absolute atomic E-state index is 9.22. The molecule has 0 atom stereocenters. The average molecular weight is 451 g/mol. The second-order valence-electron chi connectivity index (χ2n) is 6.05. The number of hydrogen-bond donors (Lipinski definition) is 0. The summed E-state index contributed by atoms with van der Waals surface area (Å²) in [6.45, 7) is 0.424. The molecule has 0 unspecified atom stereocenters. The minimum Gasteiger partial charge on any atom is -0.726 e. The zero-order valence-electron chi connectivity index (χ0n) is 16.9. The third-order valence-electron chi connectivity index (χ3n) is 4.24. The monoisotopic (exact) mass is 450 g/mol. The summed E-state index contributed by atoms with van der Waals surface area (Å²) >= 11 is 5.65. The zero-order valence-corrected chi connectivity index (χ0v) is 18.4. The largest absolute Gasteiger partial charge is 0.726 e. The van der Waals surface area contributed by atoms with E-state index in [2.05, 4.69) is 37.8 Å². The van der Waals surface area contributed by atoms with Gasteiger partial charge in [-0.05, 0) is 18.2 Å². The maximum Gasteiger partial charge on any atom is 0.280 e. The molecular formula is C21H23ClN2O5S. The number of ether oxygens (including phenoxy) is 1. The molecule has 0 radical (unpaired) electrons. The Hall–Kier alpha value is -2.65. The minimum absolute atomic E-state index is 0.424. The molecule has 0 spiro atoms. The topological polar surface area (TPSA) is 84.5 Å². The number of rotatable bonds is 6. The van der Waals surface area contributed by atoms with Crippen LogP contribution in [0.5, 0.6) is 5.75 Å². The highest BCUT2D eigenvalue weighted by Crippen LogP contribution is 2.37. The predicted octanol–water partition coefficient (Wildman–Crippen LogP) is 3.41. The van der Waals surface area contributed by atoms with Gasteiger partial charge >= 0.3 is 0 Å². The van der Waals surface area contributed by atoms with E-state index in [0.29, 0.717) is 6.61 Å². The molecule has 3 aromatic rings. The van der Waals surface area contributed by atoms with Crippen LogP contribution in [0.15, 0.2) is 72.3 Å². The molecule has 30 heavy (non-hydrogen) atoms. The predicted molar refractivity (Wildman–Crippen MR) is 115 cm³/mol. The van der Waals surface area contributed by atoms with Crippen molar-refractivity contribution >= 4 is 22.0 Å². The summed E-state index contributed by atoms with van der Waals surface area (Å²) in [5.74, 6) is 0.854. The molecule has 1 heterocycles. The molecule has 2 aromatic carbocycles. The van der Waals surface area contributed by atoms with E-state index >= 15 is 0 Å². The van der Waals surface area contributed by atoms with Gasteiger partial charge in [-0.15, -0.1) is 4.68 Å². The fourth-order valence-electron chi connectivity index (χ4n) is 2.84. The van der Waals surface area contributed by atoms with Crippen molar-refractivity contribution in [1.82, 2.24) is 4.68 Å². The SMILES string of the molecule is COS(=O)(=O)[O-].Cn1c(-c2ccccc2)c(OC/C=C/Cl)c(-c2ccccc2)[n+]1C.